The van der Waals surface area contributed by atoms with Crippen LogP contribution in [0.4, 0.5) is 0 Å². The third-order valence-electron chi connectivity index (χ3n) is 4.35. The first-order chi connectivity index (χ1) is 11.3. The van der Waals surface area contributed by atoms with Crippen LogP contribution in [-0.4, -0.2) is 41.7 Å². The summed E-state index contributed by atoms with van der Waals surface area (Å²) >= 11 is 0. The lowest BCUT2D eigenvalue weighted by Gasteiger charge is -2.15. The minimum Gasteiger partial charge on any atom is -0.463 e. The van der Waals surface area contributed by atoms with Crippen molar-refractivity contribution >= 4 is 22.9 Å². The molecule has 1 saturated heterocycles. The van der Waals surface area contributed by atoms with Gasteiger partial charge in [-0.3, -0.25) is 0 Å². The molecule has 2 heterocycles. The summed E-state index contributed by atoms with van der Waals surface area (Å²) in [5.74, 6) is -0.296. The largest absolute Gasteiger partial charge is 0.463 e. The van der Waals surface area contributed by atoms with E-state index in [0.717, 1.165) is 18.7 Å². The first kappa shape index (κ1) is 15.8. The Balaban J connectivity index is 1.68. The summed E-state index contributed by atoms with van der Waals surface area (Å²) in [7, 11) is 0. The van der Waals surface area contributed by atoms with Crippen molar-refractivity contribution in [2.75, 3.05) is 26.2 Å². The van der Waals surface area contributed by atoms with Crippen molar-refractivity contribution in [3.05, 3.63) is 42.1 Å². The Labute approximate surface area is 137 Å². The second-order valence-electron chi connectivity index (χ2n) is 5.96. The summed E-state index contributed by atoms with van der Waals surface area (Å²) in [6.45, 7) is 6.84. The third kappa shape index (κ3) is 4.02. The van der Waals surface area contributed by atoms with Crippen molar-refractivity contribution in [2.45, 2.75) is 26.3 Å². The minimum atomic E-state index is -0.296. The SMILES string of the molecule is CCOC(=O)/C=C/c1ccc2c(ccn2CCN2CCCC2)c1. The highest BCUT2D eigenvalue weighted by Gasteiger charge is 2.11. The van der Waals surface area contributed by atoms with E-state index in [1.165, 1.54) is 42.9 Å². The van der Waals surface area contributed by atoms with Crippen molar-refractivity contribution in [1.82, 2.24) is 9.47 Å². The molecule has 0 unspecified atom stereocenters. The molecule has 1 aromatic heterocycles. The average molecular weight is 312 g/mol. The molecule has 1 fully saturated rings. The highest BCUT2D eigenvalue weighted by atomic mass is 16.5. The highest BCUT2D eigenvalue weighted by Crippen LogP contribution is 2.19. The fourth-order valence-corrected chi connectivity index (χ4v) is 3.13. The Hall–Kier alpha value is -2.07. The normalized spacial score (nSPS) is 15.7. The van der Waals surface area contributed by atoms with Gasteiger partial charge in [-0.15, -0.1) is 0 Å². The Morgan fingerprint density at radius 2 is 2.04 bits per heavy atom. The fraction of sp³-hybridized carbons (Fsp3) is 0.421. The van der Waals surface area contributed by atoms with Gasteiger partial charge < -0.3 is 14.2 Å². The molecule has 4 heteroatoms. The zero-order valence-electron chi connectivity index (χ0n) is 13.7. The number of rotatable bonds is 6. The minimum absolute atomic E-state index is 0.296. The van der Waals surface area contributed by atoms with Crippen LogP contribution in [0.5, 0.6) is 0 Å². The van der Waals surface area contributed by atoms with Gasteiger partial charge in [0.2, 0.25) is 0 Å². The van der Waals surface area contributed by atoms with Gasteiger partial charge in [-0.2, -0.15) is 0 Å². The quantitative estimate of drug-likeness (QED) is 0.606. The zero-order valence-corrected chi connectivity index (χ0v) is 13.7. The molecule has 0 radical (unpaired) electrons. The number of hydrogen-bond acceptors (Lipinski definition) is 3. The van der Waals surface area contributed by atoms with E-state index >= 15 is 0 Å². The number of benzene rings is 1. The number of carbonyl (C=O) groups excluding carboxylic acids is 1. The van der Waals surface area contributed by atoms with Crippen LogP contribution in [0.2, 0.25) is 0 Å². The molecule has 23 heavy (non-hydrogen) atoms. The Morgan fingerprint density at radius 3 is 2.83 bits per heavy atom. The summed E-state index contributed by atoms with van der Waals surface area (Å²) in [6, 6.07) is 8.42. The molecule has 0 aliphatic carbocycles. The summed E-state index contributed by atoms with van der Waals surface area (Å²) in [4.78, 5) is 13.9. The molecular weight excluding hydrogens is 288 g/mol. The maximum atomic E-state index is 11.4. The molecule has 0 spiro atoms. The van der Waals surface area contributed by atoms with E-state index in [9.17, 15) is 4.79 Å². The summed E-state index contributed by atoms with van der Waals surface area (Å²) in [6.07, 6.45) is 8.11. The molecule has 122 valence electrons. The molecule has 2 aromatic rings. The standard InChI is InChI=1S/C19H24N2O2/c1-2-23-19(22)8-6-16-5-7-18-17(15-16)9-12-21(18)14-13-20-10-3-4-11-20/h5-9,12,15H,2-4,10-11,13-14H2,1H3/b8-6+. The predicted octanol–water partition coefficient (Wildman–Crippen LogP) is 3.31. The zero-order chi connectivity index (χ0) is 16.1. The maximum absolute atomic E-state index is 11.4. The van der Waals surface area contributed by atoms with E-state index in [4.69, 9.17) is 4.74 Å². The molecule has 0 atom stereocenters. The van der Waals surface area contributed by atoms with Crippen molar-refractivity contribution in [1.29, 1.82) is 0 Å². The van der Waals surface area contributed by atoms with Crippen LogP contribution in [-0.2, 0) is 16.1 Å². The van der Waals surface area contributed by atoms with E-state index in [0.29, 0.717) is 6.61 Å². The second-order valence-corrected chi connectivity index (χ2v) is 5.96. The van der Waals surface area contributed by atoms with Gasteiger partial charge in [0.15, 0.2) is 0 Å². The van der Waals surface area contributed by atoms with Crippen LogP contribution in [0.1, 0.15) is 25.3 Å². The molecular formula is C19H24N2O2. The molecule has 4 nitrogen and oxygen atoms in total. The smallest absolute Gasteiger partial charge is 0.330 e. The van der Waals surface area contributed by atoms with E-state index in [1.54, 1.807) is 6.08 Å². The third-order valence-corrected chi connectivity index (χ3v) is 4.35. The van der Waals surface area contributed by atoms with Crippen molar-refractivity contribution in [3.63, 3.8) is 0 Å². The van der Waals surface area contributed by atoms with E-state index in [-0.39, 0.29) is 5.97 Å². The Bertz CT molecular complexity index is 696. The first-order valence-electron chi connectivity index (χ1n) is 8.42. The number of fused-ring (bicyclic) bond motifs is 1. The lowest BCUT2D eigenvalue weighted by Crippen LogP contribution is -2.23. The highest BCUT2D eigenvalue weighted by molar-refractivity contribution is 5.89. The van der Waals surface area contributed by atoms with Crippen LogP contribution in [0.3, 0.4) is 0 Å². The Morgan fingerprint density at radius 1 is 1.22 bits per heavy atom. The van der Waals surface area contributed by atoms with Crippen molar-refractivity contribution in [2.24, 2.45) is 0 Å². The van der Waals surface area contributed by atoms with Crippen LogP contribution < -0.4 is 0 Å². The molecule has 3 rings (SSSR count). The van der Waals surface area contributed by atoms with Gasteiger partial charge in [-0.1, -0.05) is 6.07 Å². The number of nitrogens with zero attached hydrogens (tertiary/aromatic N) is 2. The average Bonchev–Trinajstić information content (AvgIpc) is 3.20. The number of likely N-dealkylation sites (tertiary alicyclic amines) is 1. The molecule has 0 saturated carbocycles. The molecule has 1 aromatic carbocycles. The number of carbonyl (C=O) groups is 1. The molecule has 1 aliphatic rings. The maximum Gasteiger partial charge on any atom is 0.330 e. The van der Waals surface area contributed by atoms with Crippen LogP contribution in [0.15, 0.2) is 36.5 Å². The van der Waals surface area contributed by atoms with E-state index in [1.807, 2.05) is 13.0 Å². The van der Waals surface area contributed by atoms with Crippen LogP contribution in [0, 0.1) is 0 Å². The summed E-state index contributed by atoms with van der Waals surface area (Å²) in [5.41, 5.74) is 2.26. The van der Waals surface area contributed by atoms with Gasteiger partial charge in [-0.05, 0) is 62.7 Å². The number of ether oxygens (including phenoxy) is 1. The predicted molar refractivity (Wildman–Crippen MR) is 93.3 cm³/mol. The van der Waals surface area contributed by atoms with Crippen LogP contribution in [0.25, 0.3) is 17.0 Å². The Kier molecular flexibility index (Phi) is 5.13. The molecule has 1 aliphatic heterocycles. The van der Waals surface area contributed by atoms with E-state index < -0.39 is 0 Å². The first-order valence-corrected chi connectivity index (χ1v) is 8.42. The van der Waals surface area contributed by atoms with Gasteiger partial charge >= 0.3 is 5.97 Å². The fourth-order valence-electron chi connectivity index (χ4n) is 3.13. The second kappa shape index (κ2) is 7.47. The van der Waals surface area contributed by atoms with Gasteiger partial charge in [0.25, 0.3) is 0 Å². The van der Waals surface area contributed by atoms with Crippen molar-refractivity contribution < 1.29 is 9.53 Å². The summed E-state index contributed by atoms with van der Waals surface area (Å²) < 4.78 is 7.21. The lowest BCUT2D eigenvalue weighted by atomic mass is 10.1. The number of hydrogen-bond donors (Lipinski definition) is 0. The van der Waals surface area contributed by atoms with Crippen molar-refractivity contribution in [3.8, 4) is 0 Å². The molecule has 0 amide bonds. The van der Waals surface area contributed by atoms with Gasteiger partial charge in [0, 0.05) is 36.3 Å². The molecule has 0 N–H and O–H groups in total. The van der Waals surface area contributed by atoms with E-state index in [2.05, 4.69) is 33.9 Å². The van der Waals surface area contributed by atoms with Gasteiger partial charge in [-0.25, -0.2) is 4.79 Å². The van der Waals surface area contributed by atoms with Crippen LogP contribution >= 0.6 is 0 Å². The number of esters is 1. The topological polar surface area (TPSA) is 34.5 Å². The number of aromatic nitrogens is 1. The lowest BCUT2D eigenvalue weighted by molar-refractivity contribution is -0.137. The van der Waals surface area contributed by atoms with Gasteiger partial charge in [0.1, 0.15) is 0 Å². The molecule has 0 bridgehead atoms. The van der Waals surface area contributed by atoms with Gasteiger partial charge in [0.05, 0.1) is 6.61 Å². The summed E-state index contributed by atoms with van der Waals surface area (Å²) in [5, 5.41) is 1.21. The monoisotopic (exact) mass is 312 g/mol.